The van der Waals surface area contributed by atoms with E-state index in [1.807, 2.05) is 0 Å². The maximum atomic E-state index is 13.3. The van der Waals surface area contributed by atoms with Gasteiger partial charge in [0.25, 0.3) is 0 Å². The lowest BCUT2D eigenvalue weighted by molar-refractivity contribution is -0.130. The van der Waals surface area contributed by atoms with Crippen LogP contribution >= 0.6 is 0 Å². The second kappa shape index (κ2) is 3.55. The van der Waals surface area contributed by atoms with Gasteiger partial charge in [0.15, 0.2) is 0 Å². The second-order valence-electron chi connectivity index (χ2n) is 9.19. The van der Waals surface area contributed by atoms with Crippen molar-refractivity contribution in [2.24, 2.45) is 28.6 Å². The van der Waals surface area contributed by atoms with Crippen LogP contribution in [0.15, 0.2) is 0 Å². The molecule has 1 nitrogen and oxygen atoms in total. The highest BCUT2D eigenvalue weighted by atomic mass is 28.3. The number of Topliss-reactive ketones (excluding diaryl/α,β-unsaturated/α-hetero) is 1. The molecular weight excluding hydrogens is 248 g/mol. The van der Waals surface area contributed by atoms with Gasteiger partial charge in [0.1, 0.15) is 5.78 Å². The zero-order valence-corrected chi connectivity index (χ0v) is 13.8. The monoisotopic (exact) mass is 276 g/mol. The SMILES string of the molecule is C[Si](C)(C)C[C@H]1C[C@@]23CCCC2[C@H]2CCC[C@@]12C3=O. The molecule has 2 spiro atoms. The Labute approximate surface area is 118 Å². The molecule has 0 N–H and O–H groups in total. The van der Waals surface area contributed by atoms with E-state index >= 15 is 0 Å². The average molecular weight is 276 g/mol. The van der Waals surface area contributed by atoms with Gasteiger partial charge >= 0.3 is 0 Å². The molecule has 2 heteroatoms. The van der Waals surface area contributed by atoms with E-state index in [2.05, 4.69) is 19.6 Å². The normalized spacial score (nSPS) is 51.7. The van der Waals surface area contributed by atoms with Crippen LogP contribution in [0.5, 0.6) is 0 Å². The number of carbonyl (C=O) groups is 1. The molecule has 4 aliphatic carbocycles. The summed E-state index contributed by atoms with van der Waals surface area (Å²) < 4.78 is 0. The Bertz CT molecular complexity index is 437. The zero-order chi connectivity index (χ0) is 13.5. The number of hydrogen-bond donors (Lipinski definition) is 0. The first-order chi connectivity index (χ1) is 8.90. The van der Waals surface area contributed by atoms with Gasteiger partial charge in [-0.05, 0) is 49.9 Å². The number of rotatable bonds is 2. The molecule has 0 aliphatic heterocycles. The lowest BCUT2D eigenvalue weighted by Gasteiger charge is -2.42. The molecular formula is C17H28OSi. The summed E-state index contributed by atoms with van der Waals surface area (Å²) >= 11 is 0. The summed E-state index contributed by atoms with van der Waals surface area (Å²) in [5.74, 6) is 3.15. The van der Waals surface area contributed by atoms with Gasteiger partial charge in [-0.15, -0.1) is 0 Å². The first-order valence-corrected chi connectivity index (χ1v) is 12.2. The molecule has 0 heterocycles. The molecule has 0 radical (unpaired) electrons. The average Bonchev–Trinajstić information content (AvgIpc) is 2.95. The van der Waals surface area contributed by atoms with Crippen molar-refractivity contribution < 1.29 is 4.79 Å². The Balaban J connectivity index is 1.77. The van der Waals surface area contributed by atoms with Crippen LogP contribution in [-0.4, -0.2) is 13.9 Å². The number of carbonyl (C=O) groups excluding carboxylic acids is 1. The van der Waals surface area contributed by atoms with E-state index in [1.165, 1.54) is 51.0 Å². The quantitative estimate of drug-likeness (QED) is 0.679. The Morgan fingerprint density at radius 2 is 1.79 bits per heavy atom. The summed E-state index contributed by atoms with van der Waals surface area (Å²) in [6.07, 6.45) is 9.21. The van der Waals surface area contributed by atoms with Gasteiger partial charge in [-0.25, -0.2) is 0 Å². The van der Waals surface area contributed by atoms with E-state index in [1.54, 1.807) is 0 Å². The van der Waals surface area contributed by atoms with E-state index in [-0.39, 0.29) is 10.8 Å². The number of fused-ring (bicyclic) bond motifs is 1. The van der Waals surface area contributed by atoms with Gasteiger partial charge in [0, 0.05) is 18.9 Å². The predicted molar refractivity (Wildman–Crippen MR) is 80.8 cm³/mol. The third-order valence-electron chi connectivity index (χ3n) is 7.17. The smallest absolute Gasteiger partial charge is 0.146 e. The number of ketones is 1. The van der Waals surface area contributed by atoms with Crippen LogP contribution in [0, 0.1) is 28.6 Å². The minimum Gasteiger partial charge on any atom is -0.298 e. The van der Waals surface area contributed by atoms with Gasteiger partial charge in [-0.2, -0.15) is 0 Å². The van der Waals surface area contributed by atoms with Crippen molar-refractivity contribution >= 4 is 13.9 Å². The van der Waals surface area contributed by atoms with Gasteiger partial charge in [0.2, 0.25) is 0 Å². The lowest BCUT2D eigenvalue weighted by atomic mass is 9.64. The van der Waals surface area contributed by atoms with Crippen molar-refractivity contribution in [3.63, 3.8) is 0 Å². The molecule has 19 heavy (non-hydrogen) atoms. The maximum absolute atomic E-state index is 13.3. The highest BCUT2D eigenvalue weighted by Gasteiger charge is 2.76. The van der Waals surface area contributed by atoms with Crippen LogP contribution in [0.2, 0.25) is 25.7 Å². The van der Waals surface area contributed by atoms with Crippen molar-refractivity contribution in [3.05, 3.63) is 0 Å². The Kier molecular flexibility index (Phi) is 2.36. The number of hydrogen-bond acceptors (Lipinski definition) is 1. The van der Waals surface area contributed by atoms with E-state index < -0.39 is 8.07 Å². The summed E-state index contributed by atoms with van der Waals surface area (Å²) in [5.41, 5.74) is 0.376. The topological polar surface area (TPSA) is 17.1 Å². The second-order valence-corrected chi connectivity index (χ2v) is 14.7. The van der Waals surface area contributed by atoms with E-state index in [9.17, 15) is 4.79 Å². The molecule has 5 atom stereocenters. The standard InChI is InChI=1S/C17H28OSi/c1-19(2,3)11-12-10-16-8-4-6-13(16)14-7-5-9-17(12,14)15(16)18/h12-14H,4-11H2,1-3H3/t12-,13?,14-,16+,17-/m1/s1. The predicted octanol–water partition coefficient (Wildman–Crippen LogP) is 4.50. The van der Waals surface area contributed by atoms with Crippen molar-refractivity contribution in [2.75, 3.05) is 0 Å². The van der Waals surface area contributed by atoms with Gasteiger partial charge < -0.3 is 0 Å². The third kappa shape index (κ3) is 1.35. The fourth-order valence-corrected chi connectivity index (χ4v) is 8.97. The van der Waals surface area contributed by atoms with Crippen LogP contribution < -0.4 is 0 Å². The minimum atomic E-state index is -1.05. The summed E-state index contributed by atoms with van der Waals surface area (Å²) in [6, 6.07) is 1.41. The molecule has 2 bridgehead atoms. The third-order valence-corrected chi connectivity index (χ3v) is 8.89. The molecule has 0 aromatic heterocycles. The summed E-state index contributed by atoms with van der Waals surface area (Å²) in [4.78, 5) is 13.3. The van der Waals surface area contributed by atoms with Gasteiger partial charge in [-0.3, -0.25) is 4.79 Å². The van der Waals surface area contributed by atoms with Gasteiger partial charge in [0.05, 0.1) is 0 Å². The van der Waals surface area contributed by atoms with Crippen molar-refractivity contribution in [3.8, 4) is 0 Å². The molecule has 0 amide bonds. The Morgan fingerprint density at radius 1 is 1.11 bits per heavy atom. The molecule has 0 aromatic rings. The molecule has 1 unspecified atom stereocenters. The van der Waals surface area contributed by atoms with Crippen molar-refractivity contribution in [1.82, 2.24) is 0 Å². The van der Waals surface area contributed by atoms with Crippen LogP contribution in [-0.2, 0) is 4.79 Å². The first-order valence-electron chi connectivity index (χ1n) is 8.45. The molecule has 4 saturated carbocycles. The highest BCUT2D eigenvalue weighted by Crippen LogP contribution is 2.77. The molecule has 4 aliphatic rings. The zero-order valence-electron chi connectivity index (χ0n) is 12.8. The van der Waals surface area contributed by atoms with Crippen LogP contribution in [0.25, 0.3) is 0 Å². The fourth-order valence-electron chi connectivity index (χ4n) is 6.98. The van der Waals surface area contributed by atoms with E-state index in [0.717, 1.165) is 23.5 Å². The van der Waals surface area contributed by atoms with E-state index in [4.69, 9.17) is 0 Å². The lowest BCUT2D eigenvalue weighted by Crippen LogP contribution is -2.39. The molecule has 4 rings (SSSR count). The largest absolute Gasteiger partial charge is 0.298 e. The van der Waals surface area contributed by atoms with E-state index in [0.29, 0.717) is 0 Å². The molecule has 106 valence electrons. The summed E-state index contributed by atoms with van der Waals surface area (Å²) in [7, 11) is -1.05. The first kappa shape index (κ1) is 12.6. The van der Waals surface area contributed by atoms with Crippen LogP contribution in [0.1, 0.15) is 44.9 Å². The fraction of sp³-hybridized carbons (Fsp3) is 0.941. The maximum Gasteiger partial charge on any atom is 0.146 e. The minimum absolute atomic E-state index is 0.186. The molecule has 4 fully saturated rings. The van der Waals surface area contributed by atoms with Gasteiger partial charge in [-0.1, -0.05) is 38.5 Å². The summed E-state index contributed by atoms with van der Waals surface area (Å²) in [5, 5.41) is 0. The molecule has 0 saturated heterocycles. The Morgan fingerprint density at radius 3 is 2.53 bits per heavy atom. The van der Waals surface area contributed by atoms with Crippen LogP contribution in [0.4, 0.5) is 0 Å². The summed E-state index contributed by atoms with van der Waals surface area (Å²) in [6.45, 7) is 7.48. The van der Waals surface area contributed by atoms with Crippen molar-refractivity contribution in [2.45, 2.75) is 70.6 Å². The van der Waals surface area contributed by atoms with Crippen LogP contribution in [0.3, 0.4) is 0 Å². The van der Waals surface area contributed by atoms with Crippen molar-refractivity contribution in [1.29, 1.82) is 0 Å². The molecule has 0 aromatic carbocycles. The Hall–Kier alpha value is -0.113. The highest BCUT2D eigenvalue weighted by molar-refractivity contribution is 6.76.